The fourth-order valence-corrected chi connectivity index (χ4v) is 1.84. The number of nitrogens with zero attached hydrogens (tertiary/aromatic N) is 1. The minimum atomic E-state index is -0.407. The van der Waals surface area contributed by atoms with Crippen molar-refractivity contribution in [1.29, 1.82) is 0 Å². The van der Waals surface area contributed by atoms with Gasteiger partial charge in [0.25, 0.3) is 5.56 Å². The third kappa shape index (κ3) is 2.50. The number of halogens is 2. The second-order valence-electron chi connectivity index (χ2n) is 3.35. The van der Waals surface area contributed by atoms with Gasteiger partial charge >= 0.3 is 0 Å². The van der Waals surface area contributed by atoms with E-state index in [-0.39, 0.29) is 23.1 Å². The molecule has 1 heterocycles. The third-order valence-electron chi connectivity index (χ3n) is 2.21. The predicted octanol–water partition coefficient (Wildman–Crippen LogP) is 2.64. The maximum absolute atomic E-state index is 11.8. The van der Waals surface area contributed by atoms with Crippen molar-refractivity contribution in [3.63, 3.8) is 0 Å². The maximum Gasteiger partial charge on any atom is 0.262 e. The first-order chi connectivity index (χ1) is 8.11. The molecule has 0 saturated heterocycles. The molecule has 0 fully saturated rings. The molecule has 0 atom stereocenters. The van der Waals surface area contributed by atoms with Gasteiger partial charge in [-0.1, -0.05) is 28.1 Å². The molecule has 0 aliphatic rings. The molecule has 0 unspecified atom stereocenters. The van der Waals surface area contributed by atoms with Crippen LogP contribution in [-0.2, 0) is 5.88 Å². The molecule has 4 nitrogen and oxygen atoms in total. The highest BCUT2D eigenvalue weighted by molar-refractivity contribution is 9.10. The summed E-state index contributed by atoms with van der Waals surface area (Å²) in [5.74, 6) is -0.0228. The van der Waals surface area contributed by atoms with Crippen LogP contribution >= 0.6 is 27.5 Å². The molecule has 0 aliphatic heterocycles. The van der Waals surface area contributed by atoms with E-state index in [1.807, 2.05) is 0 Å². The smallest absolute Gasteiger partial charge is 0.262 e. The van der Waals surface area contributed by atoms with Crippen molar-refractivity contribution in [2.24, 2.45) is 0 Å². The fraction of sp³-hybridized carbons (Fsp3) is 0.0909. The molecule has 0 amide bonds. The van der Waals surface area contributed by atoms with E-state index in [1.165, 1.54) is 0 Å². The number of benzene rings is 1. The Balaban J connectivity index is 2.60. The molecule has 6 heteroatoms. The summed E-state index contributed by atoms with van der Waals surface area (Å²) in [7, 11) is 0. The van der Waals surface area contributed by atoms with E-state index in [0.29, 0.717) is 5.56 Å². The summed E-state index contributed by atoms with van der Waals surface area (Å²) in [6, 6.07) is 7.00. The number of aromatic amines is 1. The molecule has 0 spiro atoms. The standard InChI is InChI=1S/C11H8BrClN2O2/c12-7-3-1-6(2-4-7)9-10(16)14-8(5-13)15-11(9)17/h1-4H,5H2,(H2,14,15,16,17). The van der Waals surface area contributed by atoms with E-state index >= 15 is 0 Å². The Morgan fingerprint density at radius 2 is 2.00 bits per heavy atom. The topological polar surface area (TPSA) is 66.0 Å². The Morgan fingerprint density at radius 1 is 1.35 bits per heavy atom. The Kier molecular flexibility index (Phi) is 3.49. The molecule has 1 aromatic heterocycles. The highest BCUT2D eigenvalue weighted by atomic mass is 79.9. The largest absolute Gasteiger partial charge is 0.493 e. The third-order valence-corrected chi connectivity index (χ3v) is 2.99. The number of H-pyrrole nitrogens is 1. The second-order valence-corrected chi connectivity index (χ2v) is 4.53. The van der Waals surface area contributed by atoms with Crippen LogP contribution in [0.25, 0.3) is 11.1 Å². The van der Waals surface area contributed by atoms with Crippen LogP contribution in [0, 0.1) is 0 Å². The average Bonchev–Trinajstić information content (AvgIpc) is 2.30. The Hall–Kier alpha value is -1.33. The number of hydrogen-bond acceptors (Lipinski definition) is 3. The van der Waals surface area contributed by atoms with Crippen molar-refractivity contribution in [1.82, 2.24) is 9.97 Å². The van der Waals surface area contributed by atoms with Crippen molar-refractivity contribution >= 4 is 27.5 Å². The molecular weight excluding hydrogens is 307 g/mol. The van der Waals surface area contributed by atoms with Crippen molar-refractivity contribution in [2.45, 2.75) is 5.88 Å². The number of aromatic hydroxyl groups is 1. The first kappa shape index (κ1) is 12.1. The van der Waals surface area contributed by atoms with E-state index in [0.717, 1.165) is 4.47 Å². The summed E-state index contributed by atoms with van der Waals surface area (Å²) in [6.07, 6.45) is 0. The Labute approximate surface area is 110 Å². The molecule has 0 bridgehead atoms. The first-order valence-corrected chi connectivity index (χ1v) is 6.08. The van der Waals surface area contributed by atoms with E-state index in [4.69, 9.17) is 11.6 Å². The minimum Gasteiger partial charge on any atom is -0.493 e. The van der Waals surface area contributed by atoms with Gasteiger partial charge in [-0.3, -0.25) is 4.79 Å². The predicted molar refractivity (Wildman–Crippen MR) is 69.2 cm³/mol. The normalized spacial score (nSPS) is 10.5. The Morgan fingerprint density at radius 3 is 2.53 bits per heavy atom. The van der Waals surface area contributed by atoms with Crippen LogP contribution < -0.4 is 5.56 Å². The summed E-state index contributed by atoms with van der Waals surface area (Å²) in [4.78, 5) is 18.1. The lowest BCUT2D eigenvalue weighted by Crippen LogP contribution is -2.13. The fourth-order valence-electron chi connectivity index (χ4n) is 1.45. The van der Waals surface area contributed by atoms with Gasteiger partial charge in [0.05, 0.1) is 5.88 Å². The molecule has 2 aromatic rings. The lowest BCUT2D eigenvalue weighted by atomic mass is 10.1. The molecule has 2 N–H and O–H groups in total. The number of alkyl halides is 1. The van der Waals surface area contributed by atoms with Gasteiger partial charge in [-0.25, -0.2) is 0 Å². The molecule has 0 radical (unpaired) electrons. The van der Waals surface area contributed by atoms with E-state index in [2.05, 4.69) is 25.9 Å². The lowest BCUT2D eigenvalue weighted by molar-refractivity contribution is 0.451. The van der Waals surface area contributed by atoms with E-state index < -0.39 is 5.56 Å². The Bertz CT molecular complexity index is 595. The van der Waals surface area contributed by atoms with E-state index in [1.54, 1.807) is 24.3 Å². The zero-order valence-corrected chi connectivity index (χ0v) is 10.9. The van der Waals surface area contributed by atoms with Crippen LogP contribution in [0.5, 0.6) is 5.88 Å². The zero-order chi connectivity index (χ0) is 12.4. The van der Waals surface area contributed by atoms with E-state index in [9.17, 15) is 9.90 Å². The monoisotopic (exact) mass is 314 g/mol. The van der Waals surface area contributed by atoms with Crippen molar-refractivity contribution < 1.29 is 5.11 Å². The quantitative estimate of drug-likeness (QED) is 0.837. The maximum atomic E-state index is 11.8. The van der Waals surface area contributed by atoms with Gasteiger partial charge in [0, 0.05) is 4.47 Å². The molecule has 1 aromatic carbocycles. The highest BCUT2D eigenvalue weighted by Gasteiger charge is 2.12. The molecule has 0 aliphatic carbocycles. The van der Waals surface area contributed by atoms with Gasteiger partial charge in [-0.2, -0.15) is 4.98 Å². The highest BCUT2D eigenvalue weighted by Crippen LogP contribution is 2.24. The van der Waals surface area contributed by atoms with Gasteiger partial charge in [-0.05, 0) is 17.7 Å². The SMILES string of the molecule is O=c1[nH]c(CCl)nc(O)c1-c1ccc(Br)cc1. The number of rotatable bonds is 2. The van der Waals surface area contributed by atoms with Crippen LogP contribution in [0.4, 0.5) is 0 Å². The lowest BCUT2D eigenvalue weighted by Gasteiger charge is -2.04. The summed E-state index contributed by atoms with van der Waals surface area (Å²) in [5, 5.41) is 9.72. The second kappa shape index (κ2) is 4.89. The van der Waals surface area contributed by atoms with Crippen LogP contribution in [0.2, 0.25) is 0 Å². The molecule has 0 saturated carbocycles. The number of aromatic nitrogens is 2. The minimum absolute atomic E-state index is 0.0451. The summed E-state index contributed by atoms with van der Waals surface area (Å²) in [5.41, 5.74) is 0.336. The van der Waals surface area contributed by atoms with Gasteiger partial charge < -0.3 is 10.1 Å². The van der Waals surface area contributed by atoms with Gasteiger partial charge in [0.15, 0.2) is 0 Å². The molecular formula is C11H8BrClN2O2. The van der Waals surface area contributed by atoms with Crippen LogP contribution in [0.1, 0.15) is 5.82 Å². The van der Waals surface area contributed by atoms with Crippen LogP contribution in [0.3, 0.4) is 0 Å². The number of hydrogen-bond donors (Lipinski definition) is 2. The summed E-state index contributed by atoms with van der Waals surface area (Å²) < 4.78 is 0.891. The average molecular weight is 316 g/mol. The molecule has 88 valence electrons. The zero-order valence-electron chi connectivity index (χ0n) is 8.58. The van der Waals surface area contributed by atoms with Crippen molar-refractivity contribution in [2.75, 3.05) is 0 Å². The molecule has 17 heavy (non-hydrogen) atoms. The van der Waals surface area contributed by atoms with Crippen molar-refractivity contribution in [3.8, 4) is 17.0 Å². The van der Waals surface area contributed by atoms with Crippen molar-refractivity contribution in [3.05, 3.63) is 44.9 Å². The molecule has 2 rings (SSSR count). The van der Waals surface area contributed by atoms with Gasteiger partial charge in [0.2, 0.25) is 5.88 Å². The number of nitrogens with one attached hydrogen (secondary N) is 1. The van der Waals surface area contributed by atoms with Gasteiger partial charge in [-0.15, -0.1) is 11.6 Å². The van der Waals surface area contributed by atoms with Crippen LogP contribution in [-0.4, -0.2) is 15.1 Å². The van der Waals surface area contributed by atoms with Gasteiger partial charge in [0.1, 0.15) is 11.4 Å². The first-order valence-electron chi connectivity index (χ1n) is 4.76. The van der Waals surface area contributed by atoms with Crippen LogP contribution in [0.15, 0.2) is 33.5 Å². The summed E-state index contributed by atoms with van der Waals surface area (Å²) >= 11 is 8.84. The summed E-state index contributed by atoms with van der Waals surface area (Å²) in [6.45, 7) is 0.